The fraction of sp³-hybridized carbons (Fsp3) is 1.00. The Bertz CT molecular complexity index is 237. The van der Waals surface area contributed by atoms with Gasteiger partial charge in [0.05, 0.1) is 6.10 Å². The maximum absolute atomic E-state index is 6.01. The van der Waals surface area contributed by atoms with E-state index in [-0.39, 0.29) is 0 Å². The largest absolute Gasteiger partial charge is 0.378 e. The molecule has 1 aliphatic heterocycles. The molecule has 2 N–H and O–H groups in total. The lowest BCUT2D eigenvalue weighted by molar-refractivity contribution is 0.0969. The van der Waals surface area contributed by atoms with Crippen LogP contribution in [0.15, 0.2) is 0 Å². The fourth-order valence-corrected chi connectivity index (χ4v) is 4.06. The first-order valence-corrected chi connectivity index (χ1v) is 7.13. The molecule has 2 saturated carbocycles. The summed E-state index contributed by atoms with van der Waals surface area (Å²) < 4.78 is 5.68. The molecule has 16 heavy (non-hydrogen) atoms. The summed E-state index contributed by atoms with van der Waals surface area (Å²) >= 11 is 0. The second-order valence-electron chi connectivity index (χ2n) is 6.40. The topological polar surface area (TPSA) is 35.2 Å². The summed E-state index contributed by atoms with van der Waals surface area (Å²) in [7, 11) is 0. The van der Waals surface area contributed by atoms with Gasteiger partial charge in [-0.05, 0) is 68.7 Å². The number of nitrogens with two attached hydrogens (primary N) is 1. The molecular weight excluding hydrogens is 198 g/mol. The molecule has 0 radical (unpaired) electrons. The van der Waals surface area contributed by atoms with Crippen LogP contribution in [0, 0.1) is 17.3 Å². The lowest BCUT2D eigenvalue weighted by atomic mass is 9.78. The third-order valence-corrected chi connectivity index (χ3v) is 5.15. The van der Waals surface area contributed by atoms with E-state index in [1.807, 2.05) is 0 Å². The van der Waals surface area contributed by atoms with Crippen molar-refractivity contribution in [2.75, 3.05) is 13.2 Å². The second kappa shape index (κ2) is 4.30. The predicted octanol–water partition coefficient (Wildman–Crippen LogP) is 2.71. The Morgan fingerprint density at radius 1 is 1.25 bits per heavy atom. The van der Waals surface area contributed by atoms with Gasteiger partial charge in [-0.1, -0.05) is 6.42 Å². The van der Waals surface area contributed by atoms with Crippen LogP contribution in [0.1, 0.15) is 51.4 Å². The summed E-state index contributed by atoms with van der Waals surface area (Å²) in [6, 6.07) is 0. The first kappa shape index (κ1) is 11.0. The first-order chi connectivity index (χ1) is 7.81. The highest BCUT2D eigenvalue weighted by molar-refractivity contribution is 5.03. The molecule has 1 saturated heterocycles. The molecule has 0 spiro atoms. The van der Waals surface area contributed by atoms with Gasteiger partial charge in [0.2, 0.25) is 0 Å². The van der Waals surface area contributed by atoms with E-state index in [0.717, 1.165) is 25.0 Å². The molecule has 0 aromatic rings. The van der Waals surface area contributed by atoms with Crippen molar-refractivity contribution in [3.8, 4) is 0 Å². The number of ether oxygens (including phenoxy) is 1. The van der Waals surface area contributed by atoms with Crippen LogP contribution in [0.3, 0.4) is 0 Å². The minimum absolute atomic E-state index is 0.534. The molecule has 3 fully saturated rings. The minimum atomic E-state index is 0.534. The third-order valence-electron chi connectivity index (χ3n) is 5.15. The van der Waals surface area contributed by atoms with E-state index in [1.54, 1.807) is 0 Å². The van der Waals surface area contributed by atoms with Gasteiger partial charge < -0.3 is 10.5 Å². The predicted molar refractivity (Wildman–Crippen MR) is 65.1 cm³/mol. The van der Waals surface area contributed by atoms with Gasteiger partial charge in [-0.3, -0.25) is 0 Å². The van der Waals surface area contributed by atoms with Crippen LogP contribution in [0.5, 0.6) is 0 Å². The standard InChI is InChI=1S/C14H25NO/c15-10-14(8-11-7-12(11)9-14)5-1-3-13-4-2-6-16-13/h11-13H,1-10,15H2. The van der Waals surface area contributed by atoms with Crippen LogP contribution in [-0.2, 0) is 4.74 Å². The lowest BCUT2D eigenvalue weighted by Gasteiger charge is -2.29. The Hall–Kier alpha value is -0.0800. The molecule has 0 bridgehead atoms. The van der Waals surface area contributed by atoms with Gasteiger partial charge in [0.25, 0.3) is 0 Å². The van der Waals surface area contributed by atoms with Gasteiger partial charge in [-0.2, -0.15) is 0 Å². The zero-order chi connectivity index (χ0) is 11.0. The van der Waals surface area contributed by atoms with Crippen molar-refractivity contribution in [2.45, 2.75) is 57.5 Å². The van der Waals surface area contributed by atoms with Crippen LogP contribution < -0.4 is 5.73 Å². The summed E-state index contributed by atoms with van der Waals surface area (Å²) in [5.41, 5.74) is 6.55. The molecule has 2 aliphatic carbocycles. The summed E-state index contributed by atoms with van der Waals surface area (Å²) in [5, 5.41) is 0. The van der Waals surface area contributed by atoms with E-state index in [1.165, 1.54) is 51.4 Å². The van der Waals surface area contributed by atoms with Crippen LogP contribution in [0.2, 0.25) is 0 Å². The molecule has 3 unspecified atom stereocenters. The Kier molecular flexibility index (Phi) is 2.97. The Morgan fingerprint density at radius 2 is 2.06 bits per heavy atom. The molecular formula is C14H25NO. The van der Waals surface area contributed by atoms with Crippen molar-refractivity contribution in [2.24, 2.45) is 23.0 Å². The number of fused-ring (bicyclic) bond motifs is 1. The molecule has 3 atom stereocenters. The lowest BCUT2D eigenvalue weighted by Crippen LogP contribution is -2.29. The van der Waals surface area contributed by atoms with Crippen LogP contribution in [-0.4, -0.2) is 19.3 Å². The van der Waals surface area contributed by atoms with Crippen LogP contribution in [0.25, 0.3) is 0 Å². The van der Waals surface area contributed by atoms with Crippen LogP contribution >= 0.6 is 0 Å². The molecule has 3 rings (SSSR count). The van der Waals surface area contributed by atoms with Crippen molar-refractivity contribution in [3.63, 3.8) is 0 Å². The maximum atomic E-state index is 6.01. The number of hydrogen-bond acceptors (Lipinski definition) is 2. The van der Waals surface area contributed by atoms with E-state index in [4.69, 9.17) is 10.5 Å². The first-order valence-electron chi connectivity index (χ1n) is 7.13. The molecule has 1 heterocycles. The van der Waals surface area contributed by atoms with Crippen LogP contribution in [0.4, 0.5) is 0 Å². The zero-order valence-corrected chi connectivity index (χ0v) is 10.3. The smallest absolute Gasteiger partial charge is 0.0576 e. The highest BCUT2D eigenvalue weighted by atomic mass is 16.5. The van der Waals surface area contributed by atoms with Gasteiger partial charge in [-0.25, -0.2) is 0 Å². The highest BCUT2D eigenvalue weighted by Gasteiger charge is 2.52. The van der Waals surface area contributed by atoms with E-state index in [2.05, 4.69) is 0 Å². The zero-order valence-electron chi connectivity index (χ0n) is 10.3. The Balaban J connectivity index is 1.42. The fourth-order valence-electron chi connectivity index (χ4n) is 4.06. The molecule has 0 aromatic carbocycles. The third kappa shape index (κ3) is 2.14. The highest BCUT2D eigenvalue weighted by Crippen LogP contribution is 2.61. The Morgan fingerprint density at radius 3 is 2.69 bits per heavy atom. The SMILES string of the molecule is NCC1(CCCC2CCCO2)CC2CC2C1. The second-order valence-corrected chi connectivity index (χ2v) is 6.40. The molecule has 3 aliphatic rings. The van der Waals surface area contributed by atoms with Gasteiger partial charge in [0.15, 0.2) is 0 Å². The van der Waals surface area contributed by atoms with Crippen molar-refractivity contribution >= 4 is 0 Å². The Labute approximate surface area is 98.9 Å². The molecule has 0 amide bonds. The molecule has 2 heteroatoms. The summed E-state index contributed by atoms with van der Waals surface area (Å²) in [6.45, 7) is 1.92. The van der Waals surface area contributed by atoms with Gasteiger partial charge in [0, 0.05) is 6.61 Å². The average Bonchev–Trinajstić information content (AvgIpc) is 2.74. The van der Waals surface area contributed by atoms with Gasteiger partial charge in [-0.15, -0.1) is 0 Å². The average molecular weight is 223 g/mol. The van der Waals surface area contributed by atoms with Crippen molar-refractivity contribution in [1.82, 2.24) is 0 Å². The summed E-state index contributed by atoms with van der Waals surface area (Å²) in [4.78, 5) is 0. The monoisotopic (exact) mass is 223 g/mol. The number of hydrogen-bond donors (Lipinski definition) is 1. The van der Waals surface area contributed by atoms with Gasteiger partial charge in [0.1, 0.15) is 0 Å². The summed E-state index contributed by atoms with van der Waals surface area (Å²) in [5.74, 6) is 2.12. The van der Waals surface area contributed by atoms with E-state index >= 15 is 0 Å². The number of rotatable bonds is 5. The summed E-state index contributed by atoms with van der Waals surface area (Å²) in [6.07, 6.45) is 11.5. The van der Waals surface area contributed by atoms with Crippen molar-refractivity contribution < 1.29 is 4.74 Å². The molecule has 92 valence electrons. The molecule has 2 nitrogen and oxygen atoms in total. The minimum Gasteiger partial charge on any atom is -0.378 e. The van der Waals surface area contributed by atoms with E-state index in [0.29, 0.717) is 11.5 Å². The van der Waals surface area contributed by atoms with Crippen molar-refractivity contribution in [1.29, 1.82) is 0 Å². The maximum Gasteiger partial charge on any atom is 0.0576 e. The van der Waals surface area contributed by atoms with E-state index in [9.17, 15) is 0 Å². The van der Waals surface area contributed by atoms with Gasteiger partial charge >= 0.3 is 0 Å². The quantitative estimate of drug-likeness (QED) is 0.778. The normalized spacial score (nSPS) is 45.9. The van der Waals surface area contributed by atoms with Crippen molar-refractivity contribution in [3.05, 3.63) is 0 Å². The van der Waals surface area contributed by atoms with E-state index < -0.39 is 0 Å². The molecule has 0 aromatic heterocycles.